The maximum atomic E-state index is 13.8. The van der Waals surface area contributed by atoms with E-state index in [2.05, 4.69) is 10.4 Å². The van der Waals surface area contributed by atoms with E-state index in [0.717, 1.165) is 16.8 Å². The van der Waals surface area contributed by atoms with Crippen molar-refractivity contribution < 1.29 is 27.2 Å². The van der Waals surface area contributed by atoms with E-state index in [1.165, 1.54) is 37.2 Å². The molecule has 10 heteroatoms. The zero-order chi connectivity index (χ0) is 19.9. The second kappa shape index (κ2) is 6.67. The van der Waals surface area contributed by atoms with Gasteiger partial charge >= 0.3 is 6.18 Å². The normalized spacial score (nSPS) is 20.2. The van der Waals surface area contributed by atoms with E-state index >= 15 is 0 Å². The molecule has 1 N–H and O–H groups in total. The van der Waals surface area contributed by atoms with Gasteiger partial charge in [0.1, 0.15) is 11.7 Å². The van der Waals surface area contributed by atoms with Crippen molar-refractivity contribution in [3.05, 3.63) is 47.5 Å². The van der Waals surface area contributed by atoms with E-state index in [9.17, 15) is 27.2 Å². The van der Waals surface area contributed by atoms with Crippen molar-refractivity contribution in [3.63, 3.8) is 0 Å². The number of aromatic nitrogens is 2. The Morgan fingerprint density at radius 1 is 1.26 bits per heavy atom. The van der Waals surface area contributed by atoms with Crippen LogP contribution in [0.4, 0.5) is 23.2 Å². The Morgan fingerprint density at radius 2 is 1.93 bits per heavy atom. The maximum absolute atomic E-state index is 13.8. The fourth-order valence-electron chi connectivity index (χ4n) is 3.20. The van der Waals surface area contributed by atoms with E-state index in [0.29, 0.717) is 0 Å². The number of para-hydroxylation sites is 1. The first-order valence-electron chi connectivity index (χ1n) is 8.01. The third-order valence-electron chi connectivity index (χ3n) is 4.52. The number of nitrogens with one attached hydrogen (secondary N) is 1. The number of likely N-dealkylation sites (N-methyl/N-ethyl adjacent to an activating group) is 1. The number of aryl methyl sites for hydroxylation is 1. The highest BCUT2D eigenvalue weighted by atomic mass is 19.4. The minimum absolute atomic E-state index is 0.0466. The number of hydrogen-bond donors (Lipinski definition) is 1. The molecule has 2 atom stereocenters. The molecule has 1 aliphatic rings. The van der Waals surface area contributed by atoms with Crippen LogP contribution >= 0.6 is 0 Å². The first-order chi connectivity index (χ1) is 12.6. The molecule has 2 heterocycles. The van der Waals surface area contributed by atoms with Gasteiger partial charge in [0.15, 0.2) is 5.69 Å². The number of hydrogen-bond acceptors (Lipinski definition) is 3. The molecule has 0 saturated carbocycles. The molecule has 0 radical (unpaired) electrons. The number of carbonyl (C=O) groups excluding carboxylic acids is 2. The van der Waals surface area contributed by atoms with Gasteiger partial charge < -0.3 is 10.2 Å². The van der Waals surface area contributed by atoms with E-state index in [1.807, 2.05) is 0 Å². The summed E-state index contributed by atoms with van der Waals surface area (Å²) in [5.74, 6) is -4.15. The number of anilines is 1. The molecular formula is C17H16F4N4O2. The Labute approximate surface area is 151 Å². The van der Waals surface area contributed by atoms with E-state index in [-0.39, 0.29) is 17.9 Å². The summed E-state index contributed by atoms with van der Waals surface area (Å²) in [7, 11) is 2.77. The Balaban J connectivity index is 1.93. The predicted octanol–water partition coefficient (Wildman–Crippen LogP) is 2.39. The van der Waals surface area contributed by atoms with Crippen LogP contribution in [-0.4, -0.2) is 40.1 Å². The Kier molecular flexibility index (Phi) is 4.66. The summed E-state index contributed by atoms with van der Waals surface area (Å²) >= 11 is 0. The third kappa shape index (κ3) is 3.51. The maximum Gasteiger partial charge on any atom is 0.435 e. The van der Waals surface area contributed by atoms with Gasteiger partial charge in [-0.15, -0.1) is 0 Å². The van der Waals surface area contributed by atoms with Gasteiger partial charge in [0.05, 0.1) is 5.69 Å². The highest BCUT2D eigenvalue weighted by molar-refractivity contribution is 6.08. The lowest BCUT2D eigenvalue weighted by Gasteiger charge is -2.17. The van der Waals surface area contributed by atoms with Crippen LogP contribution in [0, 0.1) is 11.7 Å². The van der Waals surface area contributed by atoms with Crippen LogP contribution in [0.5, 0.6) is 0 Å². The average Bonchev–Trinajstić information content (AvgIpc) is 3.10. The molecule has 3 rings (SSSR count). The number of alkyl halides is 3. The summed E-state index contributed by atoms with van der Waals surface area (Å²) in [6.45, 7) is 0.0466. The highest BCUT2D eigenvalue weighted by Gasteiger charge is 2.46. The molecule has 1 unspecified atom stereocenters. The Hall–Kier alpha value is -2.91. The zero-order valence-corrected chi connectivity index (χ0v) is 14.4. The lowest BCUT2D eigenvalue weighted by molar-refractivity contribution is -0.141. The standard InChI is InChI=1S/C17H16F4N4O2/c1-24-8-9(12-7-13(17(19,20)21)23-25(12)2)14(16(24)27)15(26)22-11-6-4-3-5-10(11)18/h3-7,9,14H,8H2,1-2H3,(H,22,26)/t9?,14-/m0/s1. The third-order valence-corrected chi connectivity index (χ3v) is 4.52. The van der Waals surface area contributed by atoms with Crippen LogP contribution in [-0.2, 0) is 22.8 Å². The lowest BCUT2D eigenvalue weighted by Crippen LogP contribution is -2.33. The summed E-state index contributed by atoms with van der Waals surface area (Å²) in [5, 5.41) is 5.78. The first kappa shape index (κ1) is 18.9. The number of halogens is 4. The Morgan fingerprint density at radius 3 is 2.52 bits per heavy atom. The van der Waals surface area contributed by atoms with Crippen LogP contribution in [0.15, 0.2) is 30.3 Å². The number of carbonyl (C=O) groups is 2. The molecule has 2 aromatic rings. The van der Waals surface area contributed by atoms with Crippen molar-refractivity contribution >= 4 is 17.5 Å². The number of likely N-dealkylation sites (tertiary alicyclic amines) is 1. The van der Waals surface area contributed by atoms with Crippen molar-refractivity contribution in [2.45, 2.75) is 12.1 Å². The Bertz CT molecular complexity index is 893. The number of benzene rings is 1. The summed E-state index contributed by atoms with van der Waals surface area (Å²) < 4.78 is 53.6. The number of amides is 2. The van der Waals surface area contributed by atoms with Crippen molar-refractivity contribution in [3.8, 4) is 0 Å². The van der Waals surface area contributed by atoms with E-state index in [4.69, 9.17) is 0 Å². The molecule has 1 saturated heterocycles. The quantitative estimate of drug-likeness (QED) is 0.653. The largest absolute Gasteiger partial charge is 0.435 e. The smallest absolute Gasteiger partial charge is 0.344 e. The van der Waals surface area contributed by atoms with Crippen LogP contribution in [0.3, 0.4) is 0 Å². The predicted molar refractivity (Wildman–Crippen MR) is 87.1 cm³/mol. The topological polar surface area (TPSA) is 67.2 Å². The second-order valence-electron chi connectivity index (χ2n) is 6.35. The fourth-order valence-corrected chi connectivity index (χ4v) is 3.20. The molecular weight excluding hydrogens is 368 g/mol. The van der Waals surface area contributed by atoms with Gasteiger partial charge in [0.2, 0.25) is 11.8 Å². The summed E-state index contributed by atoms with van der Waals surface area (Å²) in [6.07, 6.45) is -4.64. The van der Waals surface area contributed by atoms with Crippen molar-refractivity contribution in [2.24, 2.45) is 13.0 Å². The summed E-state index contributed by atoms with van der Waals surface area (Å²) in [6, 6.07) is 6.26. The second-order valence-corrected chi connectivity index (χ2v) is 6.35. The molecule has 0 bridgehead atoms. The van der Waals surface area contributed by atoms with Gasteiger partial charge in [-0.1, -0.05) is 12.1 Å². The van der Waals surface area contributed by atoms with Gasteiger partial charge in [-0.05, 0) is 18.2 Å². The lowest BCUT2D eigenvalue weighted by atomic mass is 9.91. The van der Waals surface area contributed by atoms with Crippen LogP contribution in [0.25, 0.3) is 0 Å². The molecule has 144 valence electrons. The molecule has 0 aliphatic carbocycles. The van der Waals surface area contributed by atoms with Crippen molar-refractivity contribution in [1.29, 1.82) is 0 Å². The molecule has 27 heavy (non-hydrogen) atoms. The fraction of sp³-hybridized carbons (Fsp3) is 0.353. The molecule has 0 spiro atoms. The van der Waals surface area contributed by atoms with Crippen LogP contribution in [0.2, 0.25) is 0 Å². The molecule has 2 amide bonds. The molecule has 1 fully saturated rings. The number of rotatable bonds is 3. The van der Waals surface area contributed by atoms with Crippen molar-refractivity contribution in [2.75, 3.05) is 18.9 Å². The zero-order valence-electron chi connectivity index (χ0n) is 14.4. The van der Waals surface area contributed by atoms with Crippen LogP contribution < -0.4 is 5.32 Å². The molecule has 6 nitrogen and oxygen atoms in total. The van der Waals surface area contributed by atoms with Gasteiger partial charge in [0.25, 0.3) is 0 Å². The SMILES string of the molecule is CN1CC(c2cc(C(F)(F)F)nn2C)[C@@H](C(=O)Nc2ccccc2F)C1=O. The van der Waals surface area contributed by atoms with E-state index < -0.39 is 41.3 Å². The summed E-state index contributed by atoms with van der Waals surface area (Å²) in [4.78, 5) is 26.3. The first-order valence-corrected chi connectivity index (χ1v) is 8.01. The number of nitrogens with zero attached hydrogens (tertiary/aromatic N) is 3. The minimum atomic E-state index is -4.64. The average molecular weight is 384 g/mol. The van der Waals surface area contributed by atoms with Crippen LogP contribution in [0.1, 0.15) is 17.3 Å². The highest BCUT2D eigenvalue weighted by Crippen LogP contribution is 2.37. The minimum Gasteiger partial charge on any atom is -0.344 e. The van der Waals surface area contributed by atoms with Crippen molar-refractivity contribution in [1.82, 2.24) is 14.7 Å². The molecule has 1 aliphatic heterocycles. The van der Waals surface area contributed by atoms with Gasteiger partial charge in [0, 0.05) is 32.3 Å². The van der Waals surface area contributed by atoms with E-state index in [1.54, 1.807) is 0 Å². The van der Waals surface area contributed by atoms with Gasteiger partial charge in [-0.25, -0.2) is 4.39 Å². The monoisotopic (exact) mass is 384 g/mol. The van der Waals surface area contributed by atoms with Gasteiger partial charge in [-0.3, -0.25) is 14.3 Å². The molecule has 1 aromatic carbocycles. The summed E-state index contributed by atoms with van der Waals surface area (Å²) in [5.41, 5.74) is -1.10. The van der Waals surface area contributed by atoms with Gasteiger partial charge in [-0.2, -0.15) is 18.3 Å². The molecule has 1 aromatic heterocycles.